The zero-order chi connectivity index (χ0) is 15.1. The maximum absolute atomic E-state index is 13.4. The number of carbonyl (C=O) groups excluding carboxylic acids is 2. The molecule has 0 saturated heterocycles. The standard InChI is InChI=1S/C11H10F2O4.C2H6/c1-16-9(14)7-3-5-8(6-4-7)11(12,13)10(15)17-2;1-2/h3-6H,1-2H3;1-2H3. The Labute approximate surface area is 110 Å². The number of esters is 2. The van der Waals surface area contributed by atoms with Gasteiger partial charge in [0.1, 0.15) is 0 Å². The van der Waals surface area contributed by atoms with E-state index < -0.39 is 23.4 Å². The van der Waals surface area contributed by atoms with E-state index >= 15 is 0 Å². The third kappa shape index (κ3) is 4.01. The smallest absolute Gasteiger partial charge is 0.381 e. The lowest BCUT2D eigenvalue weighted by Gasteiger charge is -2.13. The first kappa shape index (κ1) is 17.0. The molecule has 0 unspecified atom stereocenters. The van der Waals surface area contributed by atoms with Gasteiger partial charge in [-0.3, -0.25) is 0 Å². The van der Waals surface area contributed by atoms with E-state index in [1.807, 2.05) is 13.8 Å². The van der Waals surface area contributed by atoms with Gasteiger partial charge in [0.2, 0.25) is 0 Å². The Morgan fingerprint density at radius 2 is 1.47 bits per heavy atom. The number of benzene rings is 1. The average molecular weight is 274 g/mol. The molecule has 1 rings (SSSR count). The second kappa shape index (κ2) is 7.45. The number of rotatable bonds is 3. The minimum atomic E-state index is -3.73. The lowest BCUT2D eigenvalue weighted by molar-refractivity contribution is -0.170. The molecule has 4 nitrogen and oxygen atoms in total. The molecule has 106 valence electrons. The number of hydrogen-bond acceptors (Lipinski definition) is 4. The zero-order valence-corrected chi connectivity index (χ0v) is 11.2. The summed E-state index contributed by atoms with van der Waals surface area (Å²) in [6.45, 7) is 4.00. The van der Waals surface area contributed by atoms with Gasteiger partial charge in [-0.1, -0.05) is 26.0 Å². The predicted octanol–water partition coefficient (Wildman–Crippen LogP) is 2.76. The van der Waals surface area contributed by atoms with Crippen LogP contribution in [0.1, 0.15) is 29.8 Å². The quantitative estimate of drug-likeness (QED) is 0.795. The van der Waals surface area contributed by atoms with Gasteiger partial charge in [-0.2, -0.15) is 8.78 Å². The number of hydrogen-bond donors (Lipinski definition) is 0. The SMILES string of the molecule is CC.COC(=O)c1ccc(C(F)(F)C(=O)OC)cc1. The van der Waals surface area contributed by atoms with E-state index in [2.05, 4.69) is 9.47 Å². The Balaban J connectivity index is 0.00000154. The van der Waals surface area contributed by atoms with Gasteiger partial charge in [-0.15, -0.1) is 0 Å². The molecule has 0 saturated carbocycles. The van der Waals surface area contributed by atoms with Crippen molar-refractivity contribution in [3.05, 3.63) is 35.4 Å². The van der Waals surface area contributed by atoms with Crippen LogP contribution in [-0.2, 0) is 20.2 Å². The van der Waals surface area contributed by atoms with Crippen molar-refractivity contribution in [1.82, 2.24) is 0 Å². The second-order valence-corrected chi connectivity index (χ2v) is 3.13. The molecule has 0 bridgehead atoms. The molecule has 0 aliphatic heterocycles. The van der Waals surface area contributed by atoms with E-state index in [0.29, 0.717) is 0 Å². The summed E-state index contributed by atoms with van der Waals surface area (Å²) in [4.78, 5) is 21.9. The number of ether oxygens (including phenoxy) is 2. The number of alkyl halides is 2. The molecule has 6 heteroatoms. The van der Waals surface area contributed by atoms with Gasteiger partial charge in [-0.05, 0) is 12.1 Å². The highest BCUT2D eigenvalue weighted by Crippen LogP contribution is 2.29. The summed E-state index contributed by atoms with van der Waals surface area (Å²) >= 11 is 0. The number of methoxy groups -OCH3 is 2. The molecule has 0 N–H and O–H groups in total. The summed E-state index contributed by atoms with van der Waals surface area (Å²) in [6.07, 6.45) is 0. The Morgan fingerprint density at radius 1 is 1.00 bits per heavy atom. The van der Waals surface area contributed by atoms with Crippen molar-refractivity contribution < 1.29 is 27.8 Å². The predicted molar refractivity (Wildman–Crippen MR) is 65.0 cm³/mol. The molecular formula is C13H16F2O4. The molecular weight excluding hydrogens is 258 g/mol. The lowest BCUT2D eigenvalue weighted by Crippen LogP contribution is -2.27. The molecule has 0 radical (unpaired) electrons. The van der Waals surface area contributed by atoms with Crippen molar-refractivity contribution in [2.45, 2.75) is 19.8 Å². The van der Waals surface area contributed by atoms with Crippen LogP contribution in [0.25, 0.3) is 0 Å². The summed E-state index contributed by atoms with van der Waals surface area (Å²) in [7, 11) is 2.05. The van der Waals surface area contributed by atoms with E-state index in [-0.39, 0.29) is 5.56 Å². The molecule has 0 aliphatic rings. The molecule has 0 aromatic heterocycles. The fraction of sp³-hybridized carbons (Fsp3) is 0.385. The molecule has 0 spiro atoms. The Kier molecular flexibility index (Phi) is 6.68. The lowest BCUT2D eigenvalue weighted by atomic mass is 10.1. The third-order valence-corrected chi connectivity index (χ3v) is 2.11. The maximum Gasteiger partial charge on any atom is 0.381 e. The summed E-state index contributed by atoms with van der Waals surface area (Å²) in [5.41, 5.74) is -0.422. The van der Waals surface area contributed by atoms with E-state index in [4.69, 9.17) is 0 Å². The summed E-state index contributed by atoms with van der Waals surface area (Å²) in [6, 6.07) is 4.25. The Hall–Kier alpha value is -1.98. The highest BCUT2D eigenvalue weighted by Gasteiger charge is 2.42. The van der Waals surface area contributed by atoms with Crippen LogP contribution in [0.3, 0.4) is 0 Å². The van der Waals surface area contributed by atoms with E-state index in [0.717, 1.165) is 31.4 Å². The van der Waals surface area contributed by atoms with Crippen LogP contribution in [0.4, 0.5) is 8.78 Å². The summed E-state index contributed by atoms with van der Waals surface area (Å²) < 4.78 is 35.1. The molecule has 19 heavy (non-hydrogen) atoms. The maximum atomic E-state index is 13.4. The number of halogens is 2. The summed E-state index contributed by atoms with van der Waals surface area (Å²) in [5.74, 6) is -6.02. The van der Waals surface area contributed by atoms with Gasteiger partial charge < -0.3 is 9.47 Å². The minimum Gasteiger partial charge on any atom is -0.465 e. The normalized spacial score (nSPS) is 10.0. The molecule has 0 fully saturated rings. The first-order chi connectivity index (χ1) is 8.93. The van der Waals surface area contributed by atoms with Crippen LogP contribution in [0.2, 0.25) is 0 Å². The van der Waals surface area contributed by atoms with E-state index in [1.54, 1.807) is 0 Å². The fourth-order valence-corrected chi connectivity index (χ4v) is 1.18. The van der Waals surface area contributed by atoms with Crippen LogP contribution >= 0.6 is 0 Å². The average Bonchev–Trinajstić information content (AvgIpc) is 2.47. The Morgan fingerprint density at radius 3 is 1.84 bits per heavy atom. The monoisotopic (exact) mass is 274 g/mol. The molecule has 0 aliphatic carbocycles. The van der Waals surface area contributed by atoms with Crippen molar-refractivity contribution in [2.24, 2.45) is 0 Å². The summed E-state index contributed by atoms with van der Waals surface area (Å²) in [5, 5.41) is 0. The van der Waals surface area contributed by atoms with E-state index in [9.17, 15) is 18.4 Å². The highest BCUT2D eigenvalue weighted by atomic mass is 19.3. The van der Waals surface area contributed by atoms with Crippen molar-refractivity contribution in [3.63, 3.8) is 0 Å². The molecule has 0 heterocycles. The van der Waals surface area contributed by atoms with Crippen LogP contribution in [-0.4, -0.2) is 26.2 Å². The van der Waals surface area contributed by atoms with Crippen LogP contribution < -0.4 is 0 Å². The molecule has 0 atom stereocenters. The second-order valence-electron chi connectivity index (χ2n) is 3.13. The van der Waals surface area contributed by atoms with Crippen molar-refractivity contribution >= 4 is 11.9 Å². The van der Waals surface area contributed by atoms with Crippen molar-refractivity contribution in [1.29, 1.82) is 0 Å². The molecule has 1 aromatic rings. The zero-order valence-electron chi connectivity index (χ0n) is 11.2. The van der Waals surface area contributed by atoms with Gasteiger partial charge in [0.15, 0.2) is 0 Å². The first-order valence-corrected chi connectivity index (χ1v) is 5.58. The van der Waals surface area contributed by atoms with Gasteiger partial charge >= 0.3 is 17.9 Å². The van der Waals surface area contributed by atoms with E-state index in [1.165, 1.54) is 7.11 Å². The molecule has 1 aromatic carbocycles. The van der Waals surface area contributed by atoms with Crippen LogP contribution in [0, 0.1) is 0 Å². The topological polar surface area (TPSA) is 52.6 Å². The fourth-order valence-electron chi connectivity index (χ4n) is 1.18. The van der Waals surface area contributed by atoms with Crippen molar-refractivity contribution in [3.8, 4) is 0 Å². The Bertz CT molecular complexity index is 427. The molecule has 0 amide bonds. The highest BCUT2D eigenvalue weighted by molar-refractivity contribution is 5.89. The third-order valence-electron chi connectivity index (χ3n) is 2.11. The van der Waals surface area contributed by atoms with Gasteiger partial charge in [-0.25, -0.2) is 9.59 Å². The first-order valence-electron chi connectivity index (χ1n) is 5.58. The van der Waals surface area contributed by atoms with Crippen LogP contribution in [0.15, 0.2) is 24.3 Å². The van der Waals surface area contributed by atoms with Gasteiger partial charge in [0.25, 0.3) is 0 Å². The largest absolute Gasteiger partial charge is 0.465 e. The van der Waals surface area contributed by atoms with Crippen molar-refractivity contribution in [2.75, 3.05) is 14.2 Å². The minimum absolute atomic E-state index is 0.122. The van der Waals surface area contributed by atoms with Gasteiger partial charge in [0, 0.05) is 5.56 Å². The van der Waals surface area contributed by atoms with Gasteiger partial charge in [0.05, 0.1) is 19.8 Å². The van der Waals surface area contributed by atoms with Crippen LogP contribution in [0.5, 0.6) is 0 Å². The number of carbonyl (C=O) groups is 2.